The van der Waals surface area contributed by atoms with Gasteiger partial charge in [-0.3, -0.25) is 4.79 Å². The summed E-state index contributed by atoms with van der Waals surface area (Å²) in [4.78, 5) is 11.9. The van der Waals surface area contributed by atoms with E-state index in [-0.39, 0.29) is 11.8 Å². The molecule has 2 atom stereocenters. The third-order valence-corrected chi connectivity index (χ3v) is 4.09. The zero-order valence-electron chi connectivity index (χ0n) is 9.59. The summed E-state index contributed by atoms with van der Waals surface area (Å²) in [5, 5.41) is 3.10. The summed E-state index contributed by atoms with van der Waals surface area (Å²) in [6.45, 7) is 3.76. The maximum Gasteiger partial charge on any atom is 0.223 e. The van der Waals surface area contributed by atoms with Crippen molar-refractivity contribution in [2.45, 2.75) is 39.0 Å². The normalized spacial score (nSPS) is 32.7. The van der Waals surface area contributed by atoms with Crippen LogP contribution in [-0.4, -0.2) is 19.0 Å². The van der Waals surface area contributed by atoms with Crippen molar-refractivity contribution in [3.05, 3.63) is 0 Å². The standard InChI is InChI=1S/C12H22N2O/c1-12(5-6-12)8-14-11(15)10-4-2-3-9(10)7-13/h9-10H,2-8,13H2,1H3,(H,14,15). The number of rotatable bonds is 4. The van der Waals surface area contributed by atoms with Crippen molar-refractivity contribution in [1.82, 2.24) is 5.32 Å². The molecule has 1 amide bonds. The minimum atomic E-state index is 0.192. The van der Waals surface area contributed by atoms with Crippen molar-refractivity contribution in [1.29, 1.82) is 0 Å². The van der Waals surface area contributed by atoms with E-state index in [1.54, 1.807) is 0 Å². The topological polar surface area (TPSA) is 55.1 Å². The molecule has 0 spiro atoms. The molecule has 15 heavy (non-hydrogen) atoms. The van der Waals surface area contributed by atoms with Crippen LogP contribution < -0.4 is 11.1 Å². The predicted octanol–water partition coefficient (Wildman–Crippen LogP) is 1.28. The minimum absolute atomic E-state index is 0.192. The number of nitrogens with two attached hydrogens (primary N) is 1. The molecule has 0 radical (unpaired) electrons. The second-order valence-corrected chi connectivity index (χ2v) is 5.56. The highest BCUT2D eigenvalue weighted by molar-refractivity contribution is 5.79. The van der Waals surface area contributed by atoms with Gasteiger partial charge in [-0.25, -0.2) is 0 Å². The van der Waals surface area contributed by atoms with Gasteiger partial charge in [0, 0.05) is 12.5 Å². The first-order valence-corrected chi connectivity index (χ1v) is 6.12. The first kappa shape index (κ1) is 10.9. The van der Waals surface area contributed by atoms with E-state index in [9.17, 15) is 4.79 Å². The van der Waals surface area contributed by atoms with E-state index in [0.29, 0.717) is 17.9 Å². The summed E-state index contributed by atoms with van der Waals surface area (Å²) < 4.78 is 0. The van der Waals surface area contributed by atoms with Crippen LogP contribution in [-0.2, 0) is 4.79 Å². The van der Waals surface area contributed by atoms with E-state index in [1.165, 1.54) is 12.8 Å². The summed E-state index contributed by atoms with van der Waals surface area (Å²) >= 11 is 0. The van der Waals surface area contributed by atoms with Crippen molar-refractivity contribution in [3.63, 3.8) is 0 Å². The summed E-state index contributed by atoms with van der Waals surface area (Å²) in [7, 11) is 0. The smallest absolute Gasteiger partial charge is 0.223 e. The molecule has 2 aliphatic carbocycles. The molecule has 2 aliphatic rings. The van der Waals surface area contributed by atoms with Gasteiger partial charge in [-0.05, 0) is 43.6 Å². The Hall–Kier alpha value is -0.570. The highest BCUT2D eigenvalue weighted by Crippen LogP contribution is 2.44. The second-order valence-electron chi connectivity index (χ2n) is 5.56. The fourth-order valence-electron chi connectivity index (χ4n) is 2.49. The molecule has 2 saturated carbocycles. The van der Waals surface area contributed by atoms with Crippen LogP contribution in [0.15, 0.2) is 0 Å². The first-order chi connectivity index (χ1) is 7.14. The Kier molecular flexibility index (Phi) is 3.01. The number of hydrogen-bond acceptors (Lipinski definition) is 2. The van der Waals surface area contributed by atoms with Crippen molar-refractivity contribution in [3.8, 4) is 0 Å². The largest absolute Gasteiger partial charge is 0.355 e. The van der Waals surface area contributed by atoms with Crippen molar-refractivity contribution < 1.29 is 4.79 Å². The van der Waals surface area contributed by atoms with Crippen LogP contribution in [0.1, 0.15) is 39.0 Å². The van der Waals surface area contributed by atoms with Crippen LogP contribution in [0.25, 0.3) is 0 Å². The second kappa shape index (κ2) is 4.12. The molecule has 0 aromatic carbocycles. The Morgan fingerprint density at radius 2 is 2.20 bits per heavy atom. The molecular weight excluding hydrogens is 188 g/mol. The van der Waals surface area contributed by atoms with E-state index in [1.807, 2.05) is 0 Å². The molecular formula is C12H22N2O. The maximum absolute atomic E-state index is 11.9. The van der Waals surface area contributed by atoms with Crippen LogP contribution in [0.4, 0.5) is 0 Å². The maximum atomic E-state index is 11.9. The summed E-state index contributed by atoms with van der Waals surface area (Å²) in [5.74, 6) is 0.866. The fourth-order valence-corrected chi connectivity index (χ4v) is 2.49. The predicted molar refractivity (Wildman–Crippen MR) is 60.2 cm³/mol. The Morgan fingerprint density at radius 1 is 1.47 bits per heavy atom. The van der Waals surface area contributed by atoms with Crippen molar-refractivity contribution in [2.24, 2.45) is 23.0 Å². The molecule has 86 valence electrons. The van der Waals surface area contributed by atoms with Crippen LogP contribution in [0, 0.1) is 17.3 Å². The van der Waals surface area contributed by atoms with Crippen molar-refractivity contribution in [2.75, 3.05) is 13.1 Å². The summed E-state index contributed by atoms with van der Waals surface area (Å²) in [5.41, 5.74) is 6.09. The number of carbonyl (C=O) groups is 1. The molecule has 2 fully saturated rings. The van der Waals surface area contributed by atoms with Gasteiger partial charge in [-0.1, -0.05) is 13.3 Å². The highest BCUT2D eigenvalue weighted by Gasteiger charge is 2.39. The monoisotopic (exact) mass is 210 g/mol. The van der Waals surface area contributed by atoms with E-state index in [4.69, 9.17) is 5.73 Å². The third kappa shape index (κ3) is 2.51. The van der Waals surface area contributed by atoms with Gasteiger partial charge in [0.25, 0.3) is 0 Å². The lowest BCUT2D eigenvalue weighted by molar-refractivity contribution is -0.126. The third-order valence-electron chi connectivity index (χ3n) is 4.09. The molecule has 2 rings (SSSR count). The van der Waals surface area contributed by atoms with Crippen LogP contribution in [0.3, 0.4) is 0 Å². The van der Waals surface area contributed by atoms with Gasteiger partial charge < -0.3 is 11.1 Å². The zero-order valence-corrected chi connectivity index (χ0v) is 9.59. The molecule has 0 saturated heterocycles. The molecule has 0 aliphatic heterocycles. The lowest BCUT2D eigenvalue weighted by atomic mass is 9.95. The molecule has 0 heterocycles. The first-order valence-electron chi connectivity index (χ1n) is 6.12. The van der Waals surface area contributed by atoms with Gasteiger partial charge in [0.15, 0.2) is 0 Å². The Balaban J connectivity index is 1.79. The van der Waals surface area contributed by atoms with E-state index >= 15 is 0 Å². The van der Waals surface area contributed by atoms with Crippen molar-refractivity contribution >= 4 is 5.91 Å². The van der Waals surface area contributed by atoms with Gasteiger partial charge >= 0.3 is 0 Å². The fraction of sp³-hybridized carbons (Fsp3) is 0.917. The number of amides is 1. The quantitative estimate of drug-likeness (QED) is 0.734. The average molecular weight is 210 g/mol. The van der Waals surface area contributed by atoms with Gasteiger partial charge in [0.05, 0.1) is 0 Å². The Labute approximate surface area is 91.8 Å². The summed E-state index contributed by atoms with van der Waals surface area (Å²) in [6, 6.07) is 0. The Morgan fingerprint density at radius 3 is 2.80 bits per heavy atom. The van der Waals surface area contributed by atoms with Gasteiger partial charge in [0.2, 0.25) is 5.91 Å². The number of carbonyl (C=O) groups excluding carboxylic acids is 1. The molecule has 0 aromatic heterocycles. The van der Waals surface area contributed by atoms with Crippen LogP contribution in [0.2, 0.25) is 0 Å². The van der Waals surface area contributed by atoms with E-state index < -0.39 is 0 Å². The van der Waals surface area contributed by atoms with Gasteiger partial charge in [0.1, 0.15) is 0 Å². The molecule has 3 N–H and O–H groups in total. The molecule has 3 nitrogen and oxygen atoms in total. The SMILES string of the molecule is CC1(CNC(=O)C2CCCC2CN)CC1. The molecule has 0 bridgehead atoms. The Bertz CT molecular complexity index is 248. The molecule has 0 aromatic rings. The van der Waals surface area contributed by atoms with E-state index in [2.05, 4.69) is 12.2 Å². The minimum Gasteiger partial charge on any atom is -0.355 e. The molecule has 3 heteroatoms. The number of hydrogen-bond donors (Lipinski definition) is 2. The van der Waals surface area contributed by atoms with Gasteiger partial charge in [-0.2, -0.15) is 0 Å². The summed E-state index contributed by atoms with van der Waals surface area (Å²) in [6.07, 6.45) is 5.85. The highest BCUT2D eigenvalue weighted by atomic mass is 16.1. The van der Waals surface area contributed by atoms with Gasteiger partial charge in [-0.15, -0.1) is 0 Å². The van der Waals surface area contributed by atoms with Crippen LogP contribution >= 0.6 is 0 Å². The number of nitrogens with one attached hydrogen (secondary N) is 1. The molecule has 2 unspecified atom stereocenters. The van der Waals surface area contributed by atoms with E-state index in [0.717, 1.165) is 25.8 Å². The lowest BCUT2D eigenvalue weighted by Gasteiger charge is -2.18. The van der Waals surface area contributed by atoms with Crippen LogP contribution in [0.5, 0.6) is 0 Å². The average Bonchev–Trinajstić information content (AvgIpc) is 2.81. The lowest BCUT2D eigenvalue weighted by Crippen LogP contribution is -2.37. The zero-order chi connectivity index (χ0) is 10.9.